The van der Waals surface area contributed by atoms with E-state index in [0.29, 0.717) is 24.9 Å². The highest BCUT2D eigenvalue weighted by atomic mass is 16.2. The lowest BCUT2D eigenvalue weighted by atomic mass is 10.0. The van der Waals surface area contributed by atoms with Gasteiger partial charge in [0.15, 0.2) is 5.78 Å². The number of ketones is 1. The third kappa shape index (κ3) is 5.84. The number of nitrogens with one attached hydrogen (secondary N) is 1. The van der Waals surface area contributed by atoms with Gasteiger partial charge in [-0.05, 0) is 61.4 Å². The first-order chi connectivity index (χ1) is 18.8. The molecule has 5 rings (SSSR count). The van der Waals surface area contributed by atoms with Crippen molar-refractivity contribution in [3.05, 3.63) is 65.7 Å². The molecule has 2 aromatic rings. The molecule has 39 heavy (non-hydrogen) atoms. The highest BCUT2D eigenvalue weighted by Crippen LogP contribution is 2.31. The van der Waals surface area contributed by atoms with E-state index in [-0.39, 0.29) is 48.4 Å². The van der Waals surface area contributed by atoms with Crippen LogP contribution in [0.1, 0.15) is 55.5 Å². The Balaban J connectivity index is 1.26. The van der Waals surface area contributed by atoms with E-state index in [1.807, 2.05) is 68.4 Å². The Labute approximate surface area is 230 Å². The molecule has 0 spiro atoms. The molecular formula is C31H38N4O4. The number of fused-ring (bicyclic) bond motifs is 1. The van der Waals surface area contributed by atoms with Gasteiger partial charge >= 0.3 is 0 Å². The summed E-state index contributed by atoms with van der Waals surface area (Å²) in [6, 6.07) is 15.3. The number of benzene rings is 2. The molecule has 3 fully saturated rings. The summed E-state index contributed by atoms with van der Waals surface area (Å²) in [7, 11) is 0. The molecule has 8 nitrogen and oxygen atoms in total. The lowest BCUT2D eigenvalue weighted by molar-refractivity contribution is -0.138. The summed E-state index contributed by atoms with van der Waals surface area (Å²) < 4.78 is 0. The minimum Gasteiger partial charge on any atom is -0.372 e. The highest BCUT2D eigenvalue weighted by Gasteiger charge is 2.52. The number of likely N-dealkylation sites (tertiary alicyclic amines) is 2. The van der Waals surface area contributed by atoms with Crippen molar-refractivity contribution in [3.8, 4) is 0 Å². The first-order valence-corrected chi connectivity index (χ1v) is 14.1. The molecule has 3 saturated heterocycles. The number of Topliss-reactive ketones (excluding diaryl/α,β-unsaturated/α-hetero) is 1. The van der Waals surface area contributed by atoms with Gasteiger partial charge in [-0.25, -0.2) is 0 Å². The molecular weight excluding hydrogens is 492 g/mol. The molecule has 2 aromatic carbocycles. The maximum atomic E-state index is 13.8. The summed E-state index contributed by atoms with van der Waals surface area (Å²) in [4.78, 5) is 58.7. The second-order valence-electron chi connectivity index (χ2n) is 11.4. The fourth-order valence-corrected chi connectivity index (χ4v) is 6.20. The Morgan fingerprint density at radius 2 is 1.62 bits per heavy atom. The smallest absolute Gasteiger partial charge is 0.251 e. The molecule has 3 unspecified atom stereocenters. The Morgan fingerprint density at radius 1 is 0.923 bits per heavy atom. The lowest BCUT2D eigenvalue weighted by Crippen LogP contribution is -2.53. The fraction of sp³-hybridized carbons (Fsp3) is 0.484. The molecule has 8 heteroatoms. The zero-order valence-electron chi connectivity index (χ0n) is 22.8. The largest absolute Gasteiger partial charge is 0.372 e. The SMILES string of the molecule is CC(C)CC(NC(=O)c1ccc(N2CCCC2)cc1)C(=O)N1CCC2C1C(=O)CN2C(=O)Cc1ccccc1. The maximum Gasteiger partial charge on any atom is 0.251 e. The summed E-state index contributed by atoms with van der Waals surface area (Å²) in [5, 5.41) is 2.96. The van der Waals surface area contributed by atoms with Crippen LogP contribution in [-0.4, -0.2) is 77.6 Å². The van der Waals surface area contributed by atoms with Crippen molar-refractivity contribution in [2.24, 2.45) is 5.92 Å². The van der Waals surface area contributed by atoms with Crippen LogP contribution in [0.5, 0.6) is 0 Å². The lowest BCUT2D eigenvalue weighted by Gasteiger charge is -2.29. The molecule has 3 aliphatic heterocycles. The van der Waals surface area contributed by atoms with Crippen molar-refractivity contribution in [3.63, 3.8) is 0 Å². The van der Waals surface area contributed by atoms with Gasteiger partial charge in [-0.15, -0.1) is 0 Å². The third-order valence-electron chi connectivity index (χ3n) is 8.14. The first-order valence-electron chi connectivity index (χ1n) is 14.1. The van der Waals surface area contributed by atoms with Crippen LogP contribution >= 0.6 is 0 Å². The van der Waals surface area contributed by atoms with Gasteiger partial charge < -0.3 is 20.0 Å². The second-order valence-corrected chi connectivity index (χ2v) is 11.4. The fourth-order valence-electron chi connectivity index (χ4n) is 6.20. The van der Waals surface area contributed by atoms with Crippen molar-refractivity contribution in [2.75, 3.05) is 31.1 Å². The minimum atomic E-state index is -0.739. The van der Waals surface area contributed by atoms with Gasteiger partial charge in [0.1, 0.15) is 12.1 Å². The molecule has 0 aromatic heterocycles. The van der Waals surface area contributed by atoms with Crippen LogP contribution < -0.4 is 10.2 Å². The van der Waals surface area contributed by atoms with Crippen LogP contribution in [0.3, 0.4) is 0 Å². The van der Waals surface area contributed by atoms with Crippen molar-refractivity contribution in [1.29, 1.82) is 0 Å². The van der Waals surface area contributed by atoms with Gasteiger partial charge in [-0.1, -0.05) is 44.2 Å². The first kappa shape index (κ1) is 26.9. The van der Waals surface area contributed by atoms with Crippen molar-refractivity contribution in [1.82, 2.24) is 15.1 Å². The van der Waals surface area contributed by atoms with Gasteiger partial charge in [0.05, 0.1) is 19.0 Å². The molecule has 0 aliphatic carbocycles. The Morgan fingerprint density at radius 3 is 2.28 bits per heavy atom. The predicted octanol–water partition coefficient (Wildman–Crippen LogP) is 3.05. The Bertz CT molecular complexity index is 1210. The number of anilines is 1. The topological polar surface area (TPSA) is 90.0 Å². The van der Waals surface area contributed by atoms with E-state index < -0.39 is 12.1 Å². The number of rotatable bonds is 8. The van der Waals surface area contributed by atoms with Crippen LogP contribution in [0, 0.1) is 5.92 Å². The van der Waals surface area contributed by atoms with E-state index in [9.17, 15) is 19.2 Å². The van der Waals surface area contributed by atoms with Crippen LogP contribution in [0.25, 0.3) is 0 Å². The normalized spacial score (nSPS) is 21.4. The number of carbonyl (C=O) groups excluding carboxylic acids is 4. The molecule has 206 valence electrons. The Kier molecular flexibility index (Phi) is 8.00. The summed E-state index contributed by atoms with van der Waals surface area (Å²) in [5.41, 5.74) is 2.51. The highest BCUT2D eigenvalue weighted by molar-refractivity contribution is 6.01. The van der Waals surface area contributed by atoms with E-state index in [1.165, 1.54) is 12.8 Å². The van der Waals surface area contributed by atoms with Crippen molar-refractivity contribution in [2.45, 2.75) is 64.1 Å². The van der Waals surface area contributed by atoms with Gasteiger partial charge in [-0.2, -0.15) is 0 Å². The number of nitrogens with zero attached hydrogens (tertiary/aromatic N) is 3. The average Bonchev–Trinajstić information content (AvgIpc) is 3.68. The third-order valence-corrected chi connectivity index (χ3v) is 8.14. The Hall–Kier alpha value is -3.68. The quantitative estimate of drug-likeness (QED) is 0.567. The van der Waals surface area contributed by atoms with Gasteiger partial charge in [-0.3, -0.25) is 19.2 Å². The van der Waals surface area contributed by atoms with Crippen molar-refractivity contribution >= 4 is 29.2 Å². The molecule has 0 bridgehead atoms. The maximum absolute atomic E-state index is 13.8. The molecule has 3 aliphatic rings. The van der Waals surface area contributed by atoms with Gasteiger partial charge in [0, 0.05) is 30.9 Å². The number of carbonyl (C=O) groups is 4. The predicted molar refractivity (Wildman–Crippen MR) is 149 cm³/mol. The molecule has 0 radical (unpaired) electrons. The van der Waals surface area contributed by atoms with Crippen molar-refractivity contribution < 1.29 is 19.2 Å². The average molecular weight is 531 g/mol. The number of hydrogen-bond acceptors (Lipinski definition) is 5. The second kappa shape index (κ2) is 11.6. The number of hydrogen-bond donors (Lipinski definition) is 1. The van der Waals surface area contributed by atoms with Gasteiger partial charge in [0.2, 0.25) is 11.8 Å². The monoisotopic (exact) mass is 530 g/mol. The van der Waals surface area contributed by atoms with Gasteiger partial charge in [0.25, 0.3) is 5.91 Å². The van der Waals surface area contributed by atoms with E-state index in [4.69, 9.17) is 0 Å². The summed E-state index contributed by atoms with van der Waals surface area (Å²) in [6.07, 6.45) is 3.62. The van der Waals surface area contributed by atoms with Crippen LogP contribution in [-0.2, 0) is 20.8 Å². The van der Waals surface area contributed by atoms with E-state index >= 15 is 0 Å². The summed E-state index contributed by atoms with van der Waals surface area (Å²) in [6.45, 7) is 6.49. The van der Waals surface area contributed by atoms with Crippen LogP contribution in [0.15, 0.2) is 54.6 Å². The molecule has 3 heterocycles. The zero-order valence-corrected chi connectivity index (χ0v) is 22.8. The van der Waals surface area contributed by atoms with Crippen LogP contribution in [0.4, 0.5) is 5.69 Å². The zero-order chi connectivity index (χ0) is 27.5. The molecule has 3 atom stereocenters. The molecule has 1 N–H and O–H groups in total. The standard InChI is InChI=1S/C31H38N4O4/c1-21(2)18-25(32-30(38)23-10-12-24(13-11-23)33-15-6-7-16-33)31(39)34-17-14-26-29(34)27(36)20-35(26)28(37)19-22-8-4-3-5-9-22/h3-5,8-13,21,25-26,29H,6-7,14-20H2,1-2H3,(H,32,38). The summed E-state index contributed by atoms with van der Waals surface area (Å²) >= 11 is 0. The van der Waals surface area contributed by atoms with E-state index in [0.717, 1.165) is 24.3 Å². The van der Waals surface area contributed by atoms with E-state index in [1.54, 1.807) is 9.80 Å². The molecule has 0 saturated carbocycles. The number of amides is 3. The van der Waals surface area contributed by atoms with Crippen LogP contribution in [0.2, 0.25) is 0 Å². The van der Waals surface area contributed by atoms with E-state index in [2.05, 4.69) is 10.2 Å². The minimum absolute atomic E-state index is 0.0232. The molecule has 3 amide bonds. The summed E-state index contributed by atoms with van der Waals surface area (Å²) in [5.74, 6) is -0.586.